The van der Waals surface area contributed by atoms with Crippen LogP contribution in [0, 0.1) is 5.82 Å². The van der Waals surface area contributed by atoms with Crippen LogP contribution in [0.5, 0.6) is 0 Å². The first-order chi connectivity index (χ1) is 9.52. The van der Waals surface area contributed by atoms with Crippen LogP contribution >= 0.6 is 15.9 Å². The number of hydrogen-bond acceptors (Lipinski definition) is 2. The molecule has 0 fully saturated rings. The Bertz CT molecular complexity index is 640. The molecule has 2 rings (SSSR count). The van der Waals surface area contributed by atoms with Gasteiger partial charge in [0.2, 0.25) is 0 Å². The largest absolute Gasteiger partial charge is 0.478 e. The highest BCUT2D eigenvalue weighted by Crippen LogP contribution is 2.27. The molecule has 2 aromatic rings. The van der Waals surface area contributed by atoms with Crippen molar-refractivity contribution in [1.82, 2.24) is 9.78 Å². The van der Waals surface area contributed by atoms with Crippen molar-refractivity contribution in [3.05, 3.63) is 40.2 Å². The van der Waals surface area contributed by atoms with E-state index >= 15 is 0 Å². The number of unbranched alkanes of at least 4 members (excludes halogenated alkanes) is 1. The fourth-order valence-electron chi connectivity index (χ4n) is 1.89. The number of aryl methyl sites for hydroxylation is 1. The van der Waals surface area contributed by atoms with Gasteiger partial charge in [0.1, 0.15) is 17.1 Å². The van der Waals surface area contributed by atoms with E-state index in [2.05, 4.69) is 21.0 Å². The van der Waals surface area contributed by atoms with Crippen molar-refractivity contribution in [2.24, 2.45) is 0 Å². The Hall–Kier alpha value is -1.69. The van der Waals surface area contributed by atoms with Crippen LogP contribution in [0.1, 0.15) is 30.1 Å². The molecule has 0 unspecified atom stereocenters. The summed E-state index contributed by atoms with van der Waals surface area (Å²) in [5.41, 5.74) is 0.377. The number of carbonyl (C=O) groups is 1. The van der Waals surface area contributed by atoms with Crippen molar-refractivity contribution >= 4 is 21.9 Å². The zero-order valence-corrected chi connectivity index (χ0v) is 12.5. The zero-order valence-electron chi connectivity index (χ0n) is 10.9. The van der Waals surface area contributed by atoms with Crippen LogP contribution < -0.4 is 0 Å². The summed E-state index contributed by atoms with van der Waals surface area (Å²) in [6.45, 7) is 2.66. The molecule has 106 valence electrons. The Morgan fingerprint density at radius 2 is 2.25 bits per heavy atom. The molecule has 0 saturated carbocycles. The highest BCUT2D eigenvalue weighted by molar-refractivity contribution is 9.10. The topological polar surface area (TPSA) is 55.1 Å². The smallest absolute Gasteiger partial charge is 0.339 e. The Kier molecular flexibility index (Phi) is 4.54. The predicted octanol–water partition coefficient (Wildman–Crippen LogP) is 3.95. The van der Waals surface area contributed by atoms with Gasteiger partial charge in [0.25, 0.3) is 0 Å². The molecule has 20 heavy (non-hydrogen) atoms. The zero-order chi connectivity index (χ0) is 14.7. The summed E-state index contributed by atoms with van der Waals surface area (Å²) >= 11 is 3.17. The number of aromatic carboxylic acids is 1. The number of benzene rings is 1. The maximum Gasteiger partial charge on any atom is 0.339 e. The van der Waals surface area contributed by atoms with Crippen LogP contribution in [0.15, 0.2) is 28.9 Å². The van der Waals surface area contributed by atoms with Crippen LogP contribution in [0.4, 0.5) is 4.39 Å². The number of hydrogen-bond donors (Lipinski definition) is 1. The van der Waals surface area contributed by atoms with E-state index in [9.17, 15) is 14.3 Å². The summed E-state index contributed by atoms with van der Waals surface area (Å²) in [6.07, 6.45) is 3.32. The lowest BCUT2D eigenvalue weighted by Crippen LogP contribution is -1.98. The summed E-state index contributed by atoms with van der Waals surface area (Å²) < 4.78 is 16.1. The summed E-state index contributed by atoms with van der Waals surface area (Å²) in [4.78, 5) is 11.3. The molecule has 1 N–H and O–H groups in total. The molecule has 0 atom stereocenters. The minimum absolute atomic E-state index is 0.0160. The van der Waals surface area contributed by atoms with Gasteiger partial charge in [0, 0.05) is 22.8 Å². The number of halogens is 2. The second-order valence-electron chi connectivity index (χ2n) is 4.44. The number of carboxylic acids is 1. The highest BCUT2D eigenvalue weighted by atomic mass is 79.9. The highest BCUT2D eigenvalue weighted by Gasteiger charge is 2.19. The Balaban J connectivity index is 2.48. The van der Waals surface area contributed by atoms with Crippen LogP contribution in [0.3, 0.4) is 0 Å². The van der Waals surface area contributed by atoms with E-state index in [-0.39, 0.29) is 16.8 Å². The van der Waals surface area contributed by atoms with Gasteiger partial charge in [-0.3, -0.25) is 4.68 Å². The number of carboxylic acid groups (broad SMARTS) is 1. The van der Waals surface area contributed by atoms with Crippen LogP contribution in [-0.4, -0.2) is 20.9 Å². The van der Waals surface area contributed by atoms with Gasteiger partial charge < -0.3 is 5.11 Å². The van der Waals surface area contributed by atoms with E-state index < -0.39 is 11.8 Å². The molecular formula is C14H14BrFN2O2. The lowest BCUT2D eigenvalue weighted by molar-refractivity contribution is 0.0697. The molecule has 0 amide bonds. The third-order valence-corrected chi connectivity index (χ3v) is 3.41. The molecule has 0 saturated heterocycles. The summed E-state index contributed by atoms with van der Waals surface area (Å²) in [6, 6.07) is 4.49. The lowest BCUT2D eigenvalue weighted by Gasteiger charge is -2.02. The van der Waals surface area contributed by atoms with Crippen molar-refractivity contribution in [1.29, 1.82) is 0 Å². The van der Waals surface area contributed by atoms with Gasteiger partial charge in [-0.2, -0.15) is 5.10 Å². The van der Waals surface area contributed by atoms with Gasteiger partial charge in [-0.25, -0.2) is 9.18 Å². The average molecular weight is 341 g/mol. The fourth-order valence-corrected chi connectivity index (χ4v) is 2.23. The summed E-state index contributed by atoms with van der Waals surface area (Å²) in [5.74, 6) is -1.60. The van der Waals surface area contributed by atoms with E-state index in [1.165, 1.54) is 18.3 Å². The predicted molar refractivity (Wildman–Crippen MR) is 77.2 cm³/mol. The standard InChI is InChI=1S/C14H14BrFN2O2/c1-2-3-6-18-8-11(14(19)20)13(17-18)10-5-4-9(15)7-12(10)16/h4-5,7-8H,2-3,6H2,1H3,(H,19,20). The quantitative estimate of drug-likeness (QED) is 0.896. The minimum Gasteiger partial charge on any atom is -0.478 e. The van der Waals surface area contributed by atoms with Crippen molar-refractivity contribution in [3.63, 3.8) is 0 Å². The van der Waals surface area contributed by atoms with Crippen molar-refractivity contribution in [2.75, 3.05) is 0 Å². The number of rotatable bonds is 5. The number of nitrogens with zero attached hydrogens (tertiary/aromatic N) is 2. The monoisotopic (exact) mass is 340 g/mol. The Morgan fingerprint density at radius 3 is 2.85 bits per heavy atom. The van der Waals surface area contributed by atoms with Gasteiger partial charge in [0.05, 0.1) is 0 Å². The first-order valence-electron chi connectivity index (χ1n) is 6.29. The first-order valence-corrected chi connectivity index (χ1v) is 7.08. The number of aromatic nitrogens is 2. The van der Waals surface area contributed by atoms with Crippen molar-refractivity contribution in [3.8, 4) is 11.3 Å². The second kappa shape index (κ2) is 6.17. The lowest BCUT2D eigenvalue weighted by atomic mass is 10.1. The maximum atomic E-state index is 14.0. The summed E-state index contributed by atoms with van der Waals surface area (Å²) in [7, 11) is 0. The van der Waals surface area contributed by atoms with Crippen molar-refractivity contribution in [2.45, 2.75) is 26.3 Å². The molecule has 0 radical (unpaired) electrons. The first kappa shape index (κ1) is 14.7. The molecule has 4 nitrogen and oxygen atoms in total. The van der Waals surface area contributed by atoms with E-state index in [4.69, 9.17) is 0 Å². The van der Waals surface area contributed by atoms with Gasteiger partial charge >= 0.3 is 5.97 Å². The molecule has 1 aromatic carbocycles. The molecule has 0 aliphatic heterocycles. The van der Waals surface area contributed by atoms with Gasteiger partial charge in [-0.1, -0.05) is 29.3 Å². The second-order valence-corrected chi connectivity index (χ2v) is 5.35. The van der Waals surface area contributed by atoms with E-state index in [1.54, 1.807) is 10.7 Å². The maximum absolute atomic E-state index is 14.0. The molecule has 1 heterocycles. The molecule has 0 aliphatic carbocycles. The molecule has 0 aliphatic rings. The van der Waals surface area contributed by atoms with E-state index in [1.807, 2.05) is 6.92 Å². The molecule has 0 spiro atoms. The molecule has 0 bridgehead atoms. The van der Waals surface area contributed by atoms with E-state index in [0.29, 0.717) is 11.0 Å². The van der Waals surface area contributed by atoms with Crippen molar-refractivity contribution < 1.29 is 14.3 Å². The van der Waals surface area contributed by atoms with Crippen LogP contribution in [-0.2, 0) is 6.54 Å². The van der Waals surface area contributed by atoms with Gasteiger partial charge in [0.15, 0.2) is 0 Å². The minimum atomic E-state index is -1.11. The molecule has 6 heteroatoms. The third kappa shape index (κ3) is 3.07. The average Bonchev–Trinajstić information content (AvgIpc) is 2.80. The van der Waals surface area contributed by atoms with Gasteiger partial charge in [-0.15, -0.1) is 0 Å². The van der Waals surface area contributed by atoms with Crippen LogP contribution in [0.2, 0.25) is 0 Å². The Labute approximate surface area is 124 Å². The summed E-state index contributed by atoms with van der Waals surface area (Å²) in [5, 5.41) is 13.4. The van der Waals surface area contributed by atoms with Crippen LogP contribution in [0.25, 0.3) is 11.3 Å². The van der Waals surface area contributed by atoms with E-state index in [0.717, 1.165) is 12.8 Å². The SMILES string of the molecule is CCCCn1cc(C(=O)O)c(-c2ccc(Br)cc2F)n1. The van der Waals surface area contributed by atoms with Gasteiger partial charge in [-0.05, 0) is 24.6 Å². The molecular weight excluding hydrogens is 327 g/mol. The fraction of sp³-hybridized carbons (Fsp3) is 0.286. The molecule has 1 aromatic heterocycles. The normalized spacial score (nSPS) is 10.8. The third-order valence-electron chi connectivity index (χ3n) is 2.92. The Morgan fingerprint density at radius 1 is 1.50 bits per heavy atom.